The SMILES string of the molecule is CC(=O)OCC1O[C@@H](OCCNC(=O)OCC2c3ccccc3-c3ccccc32)[C@@H](NC(=O)OCC(Cl)(Cl)Cl)C(OC(C)=O)[C@H]1OC(C)=O. The number of hydrogen-bond acceptors (Lipinski definition) is 12. The fourth-order valence-electron chi connectivity index (χ4n) is 5.50. The Labute approximate surface area is 296 Å². The molecule has 2 amide bonds. The molecule has 2 N–H and O–H groups in total. The Kier molecular flexibility index (Phi) is 13.3. The summed E-state index contributed by atoms with van der Waals surface area (Å²) in [6.45, 7) is 2.07. The van der Waals surface area contributed by atoms with Crippen molar-refractivity contribution in [1.82, 2.24) is 10.6 Å². The summed E-state index contributed by atoms with van der Waals surface area (Å²) in [5, 5.41) is 5.02. The number of nitrogens with one attached hydrogen (secondary N) is 2. The van der Waals surface area contributed by atoms with Crippen molar-refractivity contribution >= 4 is 64.9 Å². The molecule has 2 aliphatic rings. The minimum atomic E-state index is -1.94. The number of rotatable bonds is 12. The van der Waals surface area contributed by atoms with E-state index in [9.17, 15) is 24.0 Å². The number of ether oxygens (including phenoxy) is 7. The van der Waals surface area contributed by atoms with Gasteiger partial charge in [0.1, 0.15) is 32.0 Å². The molecule has 0 spiro atoms. The number of benzene rings is 2. The molecule has 4 rings (SSSR count). The number of esters is 3. The summed E-state index contributed by atoms with van der Waals surface area (Å²) in [6.07, 6.45) is -7.29. The lowest BCUT2D eigenvalue weighted by molar-refractivity contribution is -0.276. The van der Waals surface area contributed by atoms with Gasteiger partial charge in [0.15, 0.2) is 18.5 Å². The van der Waals surface area contributed by atoms with Crippen molar-refractivity contribution < 1.29 is 57.1 Å². The number of carbonyl (C=O) groups excluding carboxylic acids is 5. The van der Waals surface area contributed by atoms with Gasteiger partial charge in [0.05, 0.1) is 6.61 Å². The van der Waals surface area contributed by atoms with Crippen LogP contribution in [0.25, 0.3) is 11.1 Å². The van der Waals surface area contributed by atoms with Gasteiger partial charge in [-0.1, -0.05) is 83.3 Å². The van der Waals surface area contributed by atoms with E-state index in [1.807, 2.05) is 48.5 Å². The van der Waals surface area contributed by atoms with E-state index < -0.39 is 77.7 Å². The van der Waals surface area contributed by atoms with E-state index in [2.05, 4.69) is 10.6 Å². The highest BCUT2D eigenvalue weighted by Crippen LogP contribution is 2.44. The maximum absolute atomic E-state index is 12.7. The zero-order chi connectivity index (χ0) is 35.7. The van der Waals surface area contributed by atoms with E-state index in [0.29, 0.717) is 0 Å². The molecule has 49 heavy (non-hydrogen) atoms. The Hall–Kier alpha value is -3.82. The van der Waals surface area contributed by atoms with Crippen molar-refractivity contribution in [2.75, 3.05) is 33.0 Å². The van der Waals surface area contributed by atoms with Crippen LogP contribution in [0.1, 0.15) is 37.8 Å². The number of alkyl halides is 3. The third kappa shape index (κ3) is 10.8. The summed E-state index contributed by atoms with van der Waals surface area (Å²) in [5.41, 5.74) is 4.28. The van der Waals surface area contributed by atoms with Gasteiger partial charge in [-0.25, -0.2) is 9.59 Å². The minimum absolute atomic E-state index is 0.0822. The van der Waals surface area contributed by atoms with Crippen LogP contribution in [-0.2, 0) is 47.5 Å². The first-order valence-corrected chi connectivity index (χ1v) is 16.2. The fraction of sp³-hybridized carbons (Fsp3) is 0.469. The molecule has 1 aliphatic carbocycles. The van der Waals surface area contributed by atoms with Crippen LogP contribution in [-0.4, -0.2) is 97.5 Å². The number of fused-ring (bicyclic) bond motifs is 3. The number of carbonyl (C=O) groups is 5. The van der Waals surface area contributed by atoms with Crippen LogP contribution in [0.4, 0.5) is 9.59 Å². The van der Waals surface area contributed by atoms with Gasteiger partial charge >= 0.3 is 30.1 Å². The predicted octanol–water partition coefficient (Wildman–Crippen LogP) is 4.16. The van der Waals surface area contributed by atoms with Gasteiger partial charge < -0.3 is 43.8 Å². The lowest BCUT2D eigenvalue weighted by Crippen LogP contribution is -2.67. The van der Waals surface area contributed by atoms with Crippen molar-refractivity contribution in [3.63, 3.8) is 0 Å². The Balaban J connectivity index is 1.42. The molecular formula is C32H35Cl3N2O12. The average Bonchev–Trinajstić information content (AvgIpc) is 3.35. The standard InChI is InChI=1S/C32H35Cl3N2O12/c1-17(38)44-15-25-27(47-18(2)39)28(48-19(3)40)26(37-31(42)46-16-32(33,34)35)29(49-25)43-13-12-36-30(41)45-14-24-22-10-6-4-8-20(22)21-9-5-7-11-23(21)24/h4-11,24-29H,12-16H2,1-3H3,(H,36,41)(H,37,42)/t25?,26-,27-,28?,29+/m0/s1. The highest BCUT2D eigenvalue weighted by atomic mass is 35.6. The number of amides is 2. The maximum Gasteiger partial charge on any atom is 0.407 e. The average molecular weight is 746 g/mol. The highest BCUT2D eigenvalue weighted by molar-refractivity contribution is 6.67. The number of hydrogen-bond donors (Lipinski definition) is 2. The topological polar surface area (TPSA) is 174 Å². The second-order valence-corrected chi connectivity index (χ2v) is 13.5. The number of halogens is 3. The summed E-state index contributed by atoms with van der Waals surface area (Å²) < 4.78 is 36.3. The first kappa shape index (κ1) is 38.0. The Bertz CT molecular complexity index is 1470. The number of alkyl carbamates (subject to hydrolysis) is 2. The molecule has 1 fully saturated rings. The van der Waals surface area contributed by atoms with Crippen LogP contribution in [0.15, 0.2) is 48.5 Å². The van der Waals surface area contributed by atoms with Crippen LogP contribution < -0.4 is 10.6 Å². The predicted molar refractivity (Wildman–Crippen MR) is 174 cm³/mol. The van der Waals surface area contributed by atoms with Gasteiger partial charge in [-0.05, 0) is 22.3 Å². The van der Waals surface area contributed by atoms with E-state index in [-0.39, 0.29) is 25.7 Å². The summed E-state index contributed by atoms with van der Waals surface area (Å²) in [4.78, 5) is 61.1. The molecule has 17 heteroatoms. The molecule has 266 valence electrons. The Morgan fingerprint density at radius 3 is 1.92 bits per heavy atom. The molecule has 2 aromatic rings. The fourth-order valence-corrected chi connectivity index (χ4v) is 5.66. The summed E-state index contributed by atoms with van der Waals surface area (Å²) >= 11 is 17.1. The van der Waals surface area contributed by atoms with E-state index >= 15 is 0 Å². The zero-order valence-electron chi connectivity index (χ0n) is 26.7. The quantitative estimate of drug-likeness (QED) is 0.138. The van der Waals surface area contributed by atoms with E-state index in [1.54, 1.807) is 0 Å². The van der Waals surface area contributed by atoms with E-state index in [1.165, 1.54) is 0 Å². The lowest BCUT2D eigenvalue weighted by atomic mass is 9.96. The second kappa shape index (κ2) is 17.2. The Morgan fingerprint density at radius 1 is 0.755 bits per heavy atom. The van der Waals surface area contributed by atoms with Gasteiger partial charge in [0.25, 0.3) is 0 Å². The highest BCUT2D eigenvalue weighted by Gasteiger charge is 2.52. The molecule has 1 aliphatic heterocycles. The molecule has 2 aromatic carbocycles. The van der Waals surface area contributed by atoms with Crippen molar-refractivity contribution in [2.24, 2.45) is 0 Å². The van der Waals surface area contributed by atoms with Crippen LogP contribution in [0.3, 0.4) is 0 Å². The van der Waals surface area contributed by atoms with Gasteiger partial charge in [-0.15, -0.1) is 0 Å². The maximum atomic E-state index is 12.7. The summed E-state index contributed by atoms with van der Waals surface area (Å²) in [6, 6.07) is 14.5. The molecule has 0 saturated carbocycles. The third-order valence-corrected chi connectivity index (χ3v) is 7.68. The molecule has 5 atom stereocenters. The van der Waals surface area contributed by atoms with Crippen LogP contribution in [0, 0.1) is 0 Å². The lowest BCUT2D eigenvalue weighted by Gasteiger charge is -2.44. The summed E-state index contributed by atoms with van der Waals surface area (Å²) in [7, 11) is 0. The van der Waals surface area contributed by atoms with Crippen molar-refractivity contribution in [2.45, 2.75) is 61.1 Å². The van der Waals surface area contributed by atoms with Gasteiger partial charge in [-0.3, -0.25) is 14.4 Å². The van der Waals surface area contributed by atoms with Crippen LogP contribution in [0.5, 0.6) is 0 Å². The van der Waals surface area contributed by atoms with E-state index in [4.69, 9.17) is 68.0 Å². The van der Waals surface area contributed by atoms with Gasteiger partial charge in [0.2, 0.25) is 3.79 Å². The first-order valence-electron chi connectivity index (χ1n) is 15.1. The smallest absolute Gasteiger partial charge is 0.407 e. The molecule has 0 bridgehead atoms. The van der Waals surface area contributed by atoms with Crippen molar-refractivity contribution in [3.8, 4) is 11.1 Å². The largest absolute Gasteiger partial charge is 0.463 e. The molecule has 14 nitrogen and oxygen atoms in total. The van der Waals surface area contributed by atoms with Gasteiger partial charge in [-0.2, -0.15) is 0 Å². The second-order valence-electron chi connectivity index (χ2n) is 11.0. The minimum Gasteiger partial charge on any atom is -0.463 e. The molecule has 2 unspecified atom stereocenters. The van der Waals surface area contributed by atoms with E-state index in [0.717, 1.165) is 43.0 Å². The molecule has 1 heterocycles. The molecule has 0 radical (unpaired) electrons. The normalized spacial score (nSPS) is 21.4. The zero-order valence-corrected chi connectivity index (χ0v) is 28.9. The monoisotopic (exact) mass is 744 g/mol. The van der Waals surface area contributed by atoms with Crippen LogP contribution >= 0.6 is 34.8 Å². The summed E-state index contributed by atoms with van der Waals surface area (Å²) in [5.74, 6) is -2.42. The Morgan fingerprint density at radius 2 is 1.35 bits per heavy atom. The first-order chi connectivity index (χ1) is 23.2. The van der Waals surface area contributed by atoms with Crippen molar-refractivity contribution in [3.05, 3.63) is 59.7 Å². The van der Waals surface area contributed by atoms with Crippen LogP contribution in [0.2, 0.25) is 0 Å². The van der Waals surface area contributed by atoms with Gasteiger partial charge in [0, 0.05) is 33.2 Å². The third-order valence-electron chi connectivity index (χ3n) is 7.35. The molecule has 1 saturated heterocycles. The van der Waals surface area contributed by atoms with Crippen molar-refractivity contribution in [1.29, 1.82) is 0 Å². The molecule has 0 aromatic heterocycles. The molecular weight excluding hydrogens is 711 g/mol.